The molecule has 1 aliphatic carbocycles. The first kappa shape index (κ1) is 16.7. The van der Waals surface area contributed by atoms with Gasteiger partial charge in [-0.1, -0.05) is 0 Å². The predicted molar refractivity (Wildman–Crippen MR) is 95.6 cm³/mol. The number of hydrogen-bond acceptors (Lipinski definition) is 5. The van der Waals surface area contributed by atoms with Crippen molar-refractivity contribution < 1.29 is 21.8 Å². The van der Waals surface area contributed by atoms with Gasteiger partial charge in [0.05, 0.1) is 0 Å². The standard InChI is InChI=1S/C19H17NO5S/c20-19(21)12-5-8-14(9-6-12)26(22,23)25-13-7-10-18-16(11-13)15-3-1-2-4-17(15)24-18/h5-11H,1-4H2,(H2,20,21). The van der Waals surface area contributed by atoms with Gasteiger partial charge in [0.25, 0.3) is 0 Å². The first-order valence-corrected chi connectivity index (χ1v) is 9.73. The van der Waals surface area contributed by atoms with Gasteiger partial charge in [-0.05, 0) is 61.7 Å². The lowest BCUT2D eigenvalue weighted by Gasteiger charge is -2.09. The first-order chi connectivity index (χ1) is 12.4. The van der Waals surface area contributed by atoms with Gasteiger partial charge in [-0.15, -0.1) is 0 Å². The van der Waals surface area contributed by atoms with Gasteiger partial charge in [-0.3, -0.25) is 4.79 Å². The Hall–Kier alpha value is -2.80. The lowest BCUT2D eigenvalue weighted by molar-refractivity contribution is 0.1000. The molecule has 1 aliphatic rings. The number of nitrogens with two attached hydrogens (primary N) is 1. The van der Waals surface area contributed by atoms with Crippen LogP contribution in [0.3, 0.4) is 0 Å². The van der Waals surface area contributed by atoms with Crippen LogP contribution in [0.5, 0.6) is 5.75 Å². The minimum Gasteiger partial charge on any atom is -0.461 e. The lowest BCUT2D eigenvalue weighted by atomic mass is 9.96. The van der Waals surface area contributed by atoms with E-state index in [0.717, 1.165) is 48.0 Å². The number of amides is 1. The van der Waals surface area contributed by atoms with Gasteiger partial charge in [0, 0.05) is 22.9 Å². The zero-order valence-corrected chi connectivity index (χ0v) is 14.7. The molecule has 0 spiro atoms. The van der Waals surface area contributed by atoms with Crippen LogP contribution in [0.15, 0.2) is 51.8 Å². The van der Waals surface area contributed by atoms with Crippen molar-refractivity contribution in [2.45, 2.75) is 30.6 Å². The average Bonchev–Trinajstić information content (AvgIpc) is 2.99. The number of furan rings is 1. The molecule has 0 fully saturated rings. The van der Waals surface area contributed by atoms with E-state index in [9.17, 15) is 13.2 Å². The summed E-state index contributed by atoms with van der Waals surface area (Å²) in [5.74, 6) is 0.587. The molecule has 26 heavy (non-hydrogen) atoms. The van der Waals surface area contributed by atoms with Crippen molar-refractivity contribution >= 4 is 27.0 Å². The Balaban J connectivity index is 1.66. The molecule has 2 aromatic carbocycles. The van der Waals surface area contributed by atoms with Crippen LogP contribution in [0, 0.1) is 0 Å². The highest BCUT2D eigenvalue weighted by Gasteiger charge is 2.21. The fourth-order valence-electron chi connectivity index (χ4n) is 3.25. The topological polar surface area (TPSA) is 99.6 Å². The molecular weight excluding hydrogens is 354 g/mol. The molecule has 1 amide bonds. The van der Waals surface area contributed by atoms with Crippen molar-refractivity contribution in [1.82, 2.24) is 0 Å². The molecule has 7 heteroatoms. The second kappa shape index (κ2) is 6.17. The highest BCUT2D eigenvalue weighted by atomic mass is 32.2. The van der Waals surface area contributed by atoms with Crippen LogP contribution in [0.1, 0.15) is 34.5 Å². The summed E-state index contributed by atoms with van der Waals surface area (Å²) < 4.78 is 36.1. The Morgan fingerprint density at radius 2 is 1.77 bits per heavy atom. The van der Waals surface area contributed by atoms with E-state index in [1.165, 1.54) is 24.3 Å². The second-order valence-electron chi connectivity index (χ2n) is 6.29. The summed E-state index contributed by atoms with van der Waals surface area (Å²) in [6, 6.07) is 10.3. The Morgan fingerprint density at radius 3 is 2.50 bits per heavy atom. The second-order valence-corrected chi connectivity index (χ2v) is 7.84. The Labute approximate surface area is 150 Å². The zero-order valence-electron chi connectivity index (χ0n) is 13.9. The quantitative estimate of drug-likeness (QED) is 0.710. The molecule has 6 nitrogen and oxygen atoms in total. The SMILES string of the molecule is NC(=O)c1ccc(S(=O)(=O)Oc2ccc3oc4c(c3c2)CCCC4)cc1. The highest BCUT2D eigenvalue weighted by molar-refractivity contribution is 7.87. The average molecular weight is 371 g/mol. The normalized spacial score (nSPS) is 14.2. The number of rotatable bonds is 4. The van der Waals surface area contributed by atoms with Gasteiger partial charge < -0.3 is 14.3 Å². The number of hydrogen-bond donors (Lipinski definition) is 1. The molecule has 0 aliphatic heterocycles. The predicted octanol–water partition coefficient (Wildman–Crippen LogP) is 3.18. The smallest absolute Gasteiger partial charge is 0.339 e. The third-order valence-corrected chi connectivity index (χ3v) is 5.82. The lowest BCUT2D eigenvalue weighted by Crippen LogP contribution is -2.13. The fraction of sp³-hybridized carbons (Fsp3) is 0.211. The molecule has 0 saturated carbocycles. The fourth-order valence-corrected chi connectivity index (χ4v) is 4.18. The van der Waals surface area contributed by atoms with Crippen molar-refractivity contribution in [2.24, 2.45) is 5.73 Å². The molecular formula is C19H17NO5S. The molecule has 0 radical (unpaired) electrons. The summed E-state index contributed by atoms with van der Waals surface area (Å²) in [6.45, 7) is 0. The van der Waals surface area contributed by atoms with Crippen LogP contribution in [-0.2, 0) is 23.0 Å². The number of fused-ring (bicyclic) bond motifs is 3. The van der Waals surface area contributed by atoms with E-state index in [4.69, 9.17) is 14.3 Å². The monoisotopic (exact) mass is 371 g/mol. The molecule has 0 atom stereocenters. The maximum absolute atomic E-state index is 12.5. The molecule has 0 saturated heterocycles. The summed E-state index contributed by atoms with van der Waals surface area (Å²) in [6.07, 6.45) is 4.03. The van der Waals surface area contributed by atoms with Crippen LogP contribution in [0.4, 0.5) is 0 Å². The summed E-state index contributed by atoms with van der Waals surface area (Å²) in [7, 11) is -4.01. The molecule has 3 aromatic rings. The molecule has 4 rings (SSSR count). The van der Waals surface area contributed by atoms with E-state index in [0.29, 0.717) is 0 Å². The van der Waals surface area contributed by atoms with E-state index in [1.807, 2.05) is 0 Å². The molecule has 0 unspecified atom stereocenters. The molecule has 1 heterocycles. The van der Waals surface area contributed by atoms with Gasteiger partial charge in [0.1, 0.15) is 22.0 Å². The van der Waals surface area contributed by atoms with Crippen molar-refractivity contribution in [1.29, 1.82) is 0 Å². The number of primary amides is 1. The summed E-state index contributed by atoms with van der Waals surface area (Å²) >= 11 is 0. The van der Waals surface area contributed by atoms with Gasteiger partial charge in [0.2, 0.25) is 5.91 Å². The first-order valence-electron chi connectivity index (χ1n) is 8.33. The van der Waals surface area contributed by atoms with Crippen LogP contribution in [0.2, 0.25) is 0 Å². The van der Waals surface area contributed by atoms with E-state index < -0.39 is 16.0 Å². The number of carbonyl (C=O) groups excluding carboxylic acids is 1. The third-order valence-electron chi connectivity index (χ3n) is 4.56. The van der Waals surface area contributed by atoms with Crippen LogP contribution in [-0.4, -0.2) is 14.3 Å². The zero-order chi connectivity index (χ0) is 18.3. The van der Waals surface area contributed by atoms with E-state index in [1.54, 1.807) is 18.2 Å². The van der Waals surface area contributed by atoms with E-state index in [-0.39, 0.29) is 16.2 Å². The van der Waals surface area contributed by atoms with Gasteiger partial charge in [-0.2, -0.15) is 8.42 Å². The van der Waals surface area contributed by atoms with Gasteiger partial charge in [-0.25, -0.2) is 0 Å². The number of carbonyl (C=O) groups is 1. The van der Waals surface area contributed by atoms with Crippen molar-refractivity contribution in [3.63, 3.8) is 0 Å². The summed E-state index contributed by atoms with van der Waals surface area (Å²) in [5.41, 5.74) is 7.28. The Bertz CT molecular complexity index is 1100. The summed E-state index contributed by atoms with van der Waals surface area (Å²) in [5, 5.41) is 0.900. The highest BCUT2D eigenvalue weighted by Crippen LogP contribution is 2.34. The molecule has 134 valence electrons. The Morgan fingerprint density at radius 1 is 1.04 bits per heavy atom. The molecule has 2 N–H and O–H groups in total. The summed E-state index contributed by atoms with van der Waals surface area (Å²) in [4.78, 5) is 11.1. The van der Waals surface area contributed by atoms with Crippen LogP contribution < -0.4 is 9.92 Å². The number of benzene rings is 2. The minimum absolute atomic E-state index is 0.0446. The van der Waals surface area contributed by atoms with Gasteiger partial charge >= 0.3 is 10.1 Å². The van der Waals surface area contributed by atoms with E-state index in [2.05, 4.69) is 0 Å². The van der Waals surface area contributed by atoms with E-state index >= 15 is 0 Å². The van der Waals surface area contributed by atoms with Crippen molar-refractivity contribution in [2.75, 3.05) is 0 Å². The largest absolute Gasteiger partial charge is 0.461 e. The molecule has 0 bridgehead atoms. The minimum atomic E-state index is -4.01. The molecule has 1 aromatic heterocycles. The Kier molecular flexibility index (Phi) is 3.96. The van der Waals surface area contributed by atoms with Crippen LogP contribution >= 0.6 is 0 Å². The van der Waals surface area contributed by atoms with Crippen LogP contribution in [0.25, 0.3) is 11.0 Å². The van der Waals surface area contributed by atoms with Gasteiger partial charge in [0.15, 0.2) is 0 Å². The number of aryl methyl sites for hydroxylation is 2. The van der Waals surface area contributed by atoms with Crippen molar-refractivity contribution in [3.8, 4) is 5.75 Å². The van der Waals surface area contributed by atoms with Crippen molar-refractivity contribution in [3.05, 3.63) is 59.4 Å². The third kappa shape index (κ3) is 2.94. The maximum Gasteiger partial charge on any atom is 0.339 e. The maximum atomic E-state index is 12.5.